The van der Waals surface area contributed by atoms with Crippen molar-refractivity contribution in [2.45, 2.75) is 39.1 Å². The van der Waals surface area contributed by atoms with E-state index in [9.17, 15) is 22.8 Å². The highest BCUT2D eigenvalue weighted by Gasteiger charge is 2.35. The summed E-state index contributed by atoms with van der Waals surface area (Å²) < 4.78 is 51.9. The molecule has 1 aliphatic heterocycles. The van der Waals surface area contributed by atoms with Crippen molar-refractivity contribution in [3.05, 3.63) is 53.4 Å². The molecule has 3 N–H and O–H groups in total. The summed E-state index contributed by atoms with van der Waals surface area (Å²) in [5.41, 5.74) is 1.36. The SMILES string of the molecule is CC(C)(C)OC(=O)N1CCN(C(=O)c2ccc(-c3cc(C(F)(F)F)c4oc(CNN)cc4c3)nc2)CC1. The van der Waals surface area contributed by atoms with Gasteiger partial charge in [0.1, 0.15) is 16.9 Å². The van der Waals surface area contributed by atoms with Crippen LogP contribution in [0.3, 0.4) is 0 Å². The normalized spacial score (nSPS) is 14.8. The molecular formula is C25H28F3N5O4. The molecule has 0 spiro atoms. The summed E-state index contributed by atoms with van der Waals surface area (Å²) in [5, 5.41) is 0.264. The predicted octanol–water partition coefficient (Wildman–Crippen LogP) is 4.17. The van der Waals surface area contributed by atoms with Gasteiger partial charge in [0.15, 0.2) is 0 Å². The van der Waals surface area contributed by atoms with Gasteiger partial charge in [0.25, 0.3) is 5.91 Å². The van der Waals surface area contributed by atoms with Crippen LogP contribution in [0.2, 0.25) is 0 Å². The van der Waals surface area contributed by atoms with Crippen LogP contribution in [0.5, 0.6) is 0 Å². The molecule has 198 valence electrons. The van der Waals surface area contributed by atoms with Crippen molar-refractivity contribution in [1.29, 1.82) is 0 Å². The molecule has 2 aromatic heterocycles. The van der Waals surface area contributed by atoms with E-state index in [-0.39, 0.29) is 40.4 Å². The number of hydrogen-bond acceptors (Lipinski definition) is 7. The Kier molecular flexibility index (Phi) is 7.16. The smallest absolute Gasteiger partial charge is 0.420 e. The molecule has 4 rings (SSSR count). The fourth-order valence-corrected chi connectivity index (χ4v) is 4.04. The van der Waals surface area contributed by atoms with Crippen LogP contribution in [0.4, 0.5) is 18.0 Å². The van der Waals surface area contributed by atoms with Gasteiger partial charge in [-0.05, 0) is 51.1 Å². The predicted molar refractivity (Wildman–Crippen MR) is 129 cm³/mol. The van der Waals surface area contributed by atoms with E-state index in [0.717, 1.165) is 6.07 Å². The maximum atomic E-state index is 13.7. The first-order chi connectivity index (χ1) is 17.4. The molecule has 3 heterocycles. The van der Waals surface area contributed by atoms with E-state index in [1.807, 2.05) is 0 Å². The maximum Gasteiger partial charge on any atom is 0.420 e. The van der Waals surface area contributed by atoms with Crippen LogP contribution < -0.4 is 11.3 Å². The van der Waals surface area contributed by atoms with Crippen LogP contribution >= 0.6 is 0 Å². The summed E-state index contributed by atoms with van der Waals surface area (Å²) in [4.78, 5) is 32.6. The highest BCUT2D eigenvalue weighted by Crippen LogP contribution is 2.39. The molecule has 0 aliphatic carbocycles. The third-order valence-corrected chi connectivity index (χ3v) is 5.77. The standard InChI is InChI=1S/C25H28F3N5O4/c1-24(2,3)37-23(35)33-8-6-32(7-9-33)22(34)15-4-5-20(30-13-15)16-10-17-11-18(14-31-29)36-21(17)19(12-16)25(26,27)28/h4-5,10-13,31H,6-9,14,29H2,1-3H3. The molecule has 9 nitrogen and oxygen atoms in total. The third kappa shape index (κ3) is 6.03. The summed E-state index contributed by atoms with van der Waals surface area (Å²) in [5.74, 6) is 5.26. The average molecular weight is 520 g/mol. The number of piperazine rings is 1. The first kappa shape index (κ1) is 26.4. The van der Waals surface area contributed by atoms with E-state index in [1.54, 1.807) is 36.6 Å². The summed E-state index contributed by atoms with van der Waals surface area (Å²) in [6.07, 6.45) is -3.73. The number of halogens is 3. The molecule has 3 aromatic rings. The van der Waals surface area contributed by atoms with Gasteiger partial charge in [0.2, 0.25) is 0 Å². The van der Waals surface area contributed by atoms with E-state index in [2.05, 4.69) is 10.4 Å². The number of ether oxygens (including phenoxy) is 1. The van der Waals surface area contributed by atoms with Crippen molar-refractivity contribution in [2.75, 3.05) is 26.2 Å². The van der Waals surface area contributed by atoms with Crippen molar-refractivity contribution in [1.82, 2.24) is 20.2 Å². The second-order valence-corrected chi connectivity index (χ2v) is 9.73. The summed E-state index contributed by atoms with van der Waals surface area (Å²) >= 11 is 0. The monoisotopic (exact) mass is 519 g/mol. The number of carbonyl (C=O) groups is 2. The number of pyridine rings is 1. The van der Waals surface area contributed by atoms with Gasteiger partial charge in [-0.2, -0.15) is 13.2 Å². The Bertz CT molecular complexity index is 1290. The van der Waals surface area contributed by atoms with Crippen LogP contribution in [-0.2, 0) is 17.5 Å². The first-order valence-corrected chi connectivity index (χ1v) is 11.7. The molecule has 0 unspecified atom stereocenters. The number of nitrogens with zero attached hydrogens (tertiary/aromatic N) is 3. The zero-order valence-corrected chi connectivity index (χ0v) is 20.7. The van der Waals surface area contributed by atoms with Gasteiger partial charge in [-0.25, -0.2) is 4.79 Å². The lowest BCUT2D eigenvalue weighted by Crippen LogP contribution is -2.51. The molecule has 1 aromatic carbocycles. The van der Waals surface area contributed by atoms with Crippen LogP contribution in [-0.4, -0.2) is 58.6 Å². The van der Waals surface area contributed by atoms with E-state index in [1.165, 1.54) is 24.4 Å². The minimum atomic E-state index is -4.64. The van der Waals surface area contributed by atoms with Crippen molar-refractivity contribution in [3.63, 3.8) is 0 Å². The zero-order chi connectivity index (χ0) is 27.0. The summed E-state index contributed by atoms with van der Waals surface area (Å²) in [7, 11) is 0. The molecule has 37 heavy (non-hydrogen) atoms. The number of fused-ring (bicyclic) bond motifs is 1. The third-order valence-electron chi connectivity index (χ3n) is 5.77. The molecule has 0 saturated carbocycles. The Morgan fingerprint density at radius 1 is 1.08 bits per heavy atom. The number of carbonyl (C=O) groups excluding carboxylic acids is 2. The number of nitrogens with one attached hydrogen (secondary N) is 1. The highest BCUT2D eigenvalue weighted by atomic mass is 19.4. The molecule has 1 fully saturated rings. The number of furan rings is 1. The van der Waals surface area contributed by atoms with Gasteiger partial charge in [-0.1, -0.05) is 0 Å². The topological polar surface area (TPSA) is 114 Å². The number of amides is 2. The van der Waals surface area contributed by atoms with Crippen LogP contribution in [0.15, 0.2) is 40.9 Å². The summed E-state index contributed by atoms with van der Waals surface area (Å²) in [6.45, 7) is 6.75. The van der Waals surface area contributed by atoms with E-state index < -0.39 is 23.4 Å². The van der Waals surface area contributed by atoms with Crippen molar-refractivity contribution in [3.8, 4) is 11.3 Å². The van der Waals surface area contributed by atoms with E-state index in [4.69, 9.17) is 15.0 Å². The van der Waals surface area contributed by atoms with Crippen LogP contribution in [0.25, 0.3) is 22.2 Å². The maximum absolute atomic E-state index is 13.7. The highest BCUT2D eigenvalue weighted by molar-refractivity contribution is 5.94. The first-order valence-electron chi connectivity index (χ1n) is 11.7. The molecule has 0 bridgehead atoms. The van der Waals surface area contributed by atoms with Crippen molar-refractivity contribution < 1.29 is 31.9 Å². The van der Waals surface area contributed by atoms with Crippen LogP contribution in [0, 0.1) is 0 Å². The van der Waals surface area contributed by atoms with Gasteiger partial charge in [-0.3, -0.25) is 21.0 Å². The minimum absolute atomic E-state index is 0.0718. The fourth-order valence-electron chi connectivity index (χ4n) is 4.04. The number of rotatable bonds is 4. The fraction of sp³-hybridized carbons (Fsp3) is 0.400. The number of hydrogen-bond donors (Lipinski definition) is 2. The largest absolute Gasteiger partial charge is 0.459 e. The lowest BCUT2D eigenvalue weighted by molar-refractivity contribution is -0.136. The average Bonchev–Trinajstić information content (AvgIpc) is 3.24. The van der Waals surface area contributed by atoms with Crippen LogP contribution in [0.1, 0.15) is 42.5 Å². The Labute approximate surface area is 211 Å². The molecule has 0 atom stereocenters. The summed E-state index contributed by atoms with van der Waals surface area (Å²) in [6, 6.07) is 7.05. The quantitative estimate of drug-likeness (QED) is 0.393. The number of alkyl halides is 3. The molecule has 1 saturated heterocycles. The van der Waals surface area contributed by atoms with E-state index in [0.29, 0.717) is 31.7 Å². The van der Waals surface area contributed by atoms with Gasteiger partial charge in [0.05, 0.1) is 23.4 Å². The Morgan fingerprint density at radius 3 is 2.32 bits per heavy atom. The number of hydrazine groups is 1. The van der Waals surface area contributed by atoms with Crippen molar-refractivity contribution in [2.24, 2.45) is 5.84 Å². The lowest BCUT2D eigenvalue weighted by Gasteiger charge is -2.35. The Morgan fingerprint density at radius 2 is 1.76 bits per heavy atom. The zero-order valence-electron chi connectivity index (χ0n) is 20.7. The van der Waals surface area contributed by atoms with E-state index >= 15 is 0 Å². The molecule has 12 heteroatoms. The lowest BCUT2D eigenvalue weighted by atomic mass is 10.0. The minimum Gasteiger partial charge on any atom is -0.459 e. The van der Waals surface area contributed by atoms with Gasteiger partial charge >= 0.3 is 12.3 Å². The number of nitrogens with two attached hydrogens (primary N) is 1. The van der Waals surface area contributed by atoms with Gasteiger partial charge < -0.3 is 19.0 Å². The van der Waals surface area contributed by atoms with Crippen molar-refractivity contribution >= 4 is 23.0 Å². The Balaban J connectivity index is 1.50. The van der Waals surface area contributed by atoms with Gasteiger partial charge in [0, 0.05) is 43.3 Å². The molecule has 0 radical (unpaired) electrons. The molecule has 2 amide bonds. The second-order valence-electron chi connectivity index (χ2n) is 9.73. The second kappa shape index (κ2) is 10.0. The number of aromatic nitrogens is 1. The molecule has 1 aliphatic rings. The molecular weight excluding hydrogens is 491 g/mol. The number of benzene rings is 1. The van der Waals surface area contributed by atoms with Gasteiger partial charge in [-0.15, -0.1) is 0 Å². The Hall–Kier alpha value is -3.64.